The number of aryl methyl sites for hydroxylation is 1. The molecule has 0 spiro atoms. The van der Waals surface area contributed by atoms with Crippen molar-refractivity contribution in [2.45, 2.75) is 38.1 Å². The van der Waals surface area contributed by atoms with Crippen LogP contribution >= 0.6 is 0 Å². The van der Waals surface area contributed by atoms with Crippen LogP contribution in [0.5, 0.6) is 0 Å². The fourth-order valence-corrected chi connectivity index (χ4v) is 3.64. The minimum atomic E-state index is -4.38. The lowest BCUT2D eigenvalue weighted by molar-refractivity contribution is -0.138. The van der Waals surface area contributed by atoms with Crippen molar-refractivity contribution in [3.63, 3.8) is 0 Å². The Morgan fingerprint density at radius 3 is 2.32 bits per heavy atom. The summed E-state index contributed by atoms with van der Waals surface area (Å²) in [5.41, 5.74) is 0.964. The number of carboxylic acids is 1. The molecule has 1 aliphatic rings. The van der Waals surface area contributed by atoms with Crippen LogP contribution in [0.25, 0.3) is 6.08 Å². The highest BCUT2D eigenvalue weighted by atomic mass is 32.2. The summed E-state index contributed by atoms with van der Waals surface area (Å²) in [5, 5.41) is 17.1. The van der Waals surface area contributed by atoms with Gasteiger partial charge in [0.2, 0.25) is 0 Å². The topological polar surface area (TPSA) is 162 Å². The van der Waals surface area contributed by atoms with Gasteiger partial charge in [0.1, 0.15) is 6.54 Å². The summed E-state index contributed by atoms with van der Waals surface area (Å²) in [6.07, 6.45) is 2.19. The molecule has 31 heavy (non-hydrogen) atoms. The van der Waals surface area contributed by atoms with E-state index in [1.165, 1.54) is 18.2 Å². The monoisotopic (exact) mass is 448 g/mol. The number of aromatic amines is 1. The maximum absolute atomic E-state index is 13.0. The fraction of sp³-hybridized carbons (Fsp3) is 0.263. The van der Waals surface area contributed by atoms with E-state index in [-0.39, 0.29) is 21.7 Å². The lowest BCUT2D eigenvalue weighted by Gasteiger charge is -2.11. The molecule has 0 bridgehead atoms. The van der Waals surface area contributed by atoms with Crippen LogP contribution in [0, 0.1) is 0 Å². The molecule has 0 atom stereocenters. The molecular formula is C19H20N4O7S. The molecule has 0 radical (unpaired) electrons. The molecule has 11 nitrogen and oxygen atoms in total. The second kappa shape index (κ2) is 8.32. The van der Waals surface area contributed by atoms with Gasteiger partial charge in [0.15, 0.2) is 0 Å². The first kappa shape index (κ1) is 22.2. The SMILES string of the molecule is CCC1=NN(c2ccc(S(=O)(=O)O)cc2)C(=O)C1=Cc1c(CC)[nH]n(CC(=O)O)c1=O. The molecule has 12 heteroatoms. The summed E-state index contributed by atoms with van der Waals surface area (Å²) in [5.74, 6) is -1.71. The molecule has 3 N–H and O–H groups in total. The zero-order chi connectivity index (χ0) is 22.9. The molecule has 3 rings (SSSR count). The van der Waals surface area contributed by atoms with E-state index in [1.54, 1.807) is 13.8 Å². The van der Waals surface area contributed by atoms with E-state index in [9.17, 15) is 22.8 Å². The van der Waals surface area contributed by atoms with Crippen molar-refractivity contribution in [3.8, 4) is 0 Å². The lowest BCUT2D eigenvalue weighted by atomic mass is 10.0. The maximum atomic E-state index is 13.0. The third-order valence-electron chi connectivity index (χ3n) is 4.67. The van der Waals surface area contributed by atoms with Gasteiger partial charge in [0, 0.05) is 5.69 Å². The number of carbonyl (C=O) groups is 2. The van der Waals surface area contributed by atoms with E-state index in [0.29, 0.717) is 24.2 Å². The Kier molecular flexibility index (Phi) is 5.95. The van der Waals surface area contributed by atoms with E-state index in [0.717, 1.165) is 21.8 Å². The number of amides is 1. The molecule has 164 valence electrons. The van der Waals surface area contributed by atoms with Gasteiger partial charge in [-0.15, -0.1) is 0 Å². The van der Waals surface area contributed by atoms with Crippen LogP contribution in [-0.4, -0.2) is 45.4 Å². The highest BCUT2D eigenvalue weighted by Gasteiger charge is 2.31. The van der Waals surface area contributed by atoms with Crippen LogP contribution in [-0.2, 0) is 32.7 Å². The zero-order valence-corrected chi connectivity index (χ0v) is 17.5. The number of carbonyl (C=O) groups excluding carboxylic acids is 1. The van der Waals surface area contributed by atoms with Gasteiger partial charge in [-0.2, -0.15) is 18.5 Å². The molecular weight excluding hydrogens is 428 g/mol. The number of hydrogen-bond donors (Lipinski definition) is 3. The number of anilines is 1. The van der Waals surface area contributed by atoms with Gasteiger partial charge >= 0.3 is 5.97 Å². The van der Waals surface area contributed by atoms with Gasteiger partial charge in [-0.25, -0.2) is 4.68 Å². The summed E-state index contributed by atoms with van der Waals surface area (Å²) in [6, 6.07) is 4.95. The largest absolute Gasteiger partial charge is 0.480 e. The lowest BCUT2D eigenvalue weighted by Crippen LogP contribution is -2.23. The van der Waals surface area contributed by atoms with Crippen LogP contribution in [0.3, 0.4) is 0 Å². The van der Waals surface area contributed by atoms with Crippen molar-refractivity contribution in [1.29, 1.82) is 0 Å². The van der Waals surface area contributed by atoms with Crippen molar-refractivity contribution >= 4 is 39.5 Å². The number of aliphatic carboxylic acids is 1. The first-order valence-electron chi connectivity index (χ1n) is 9.31. The molecule has 1 aromatic carbocycles. The summed E-state index contributed by atoms with van der Waals surface area (Å²) in [6.45, 7) is 3.03. The second-order valence-corrected chi connectivity index (χ2v) is 8.11. The third kappa shape index (κ3) is 4.34. The molecule has 1 aliphatic heterocycles. The number of carboxylic acid groups (broad SMARTS) is 1. The predicted molar refractivity (Wildman–Crippen MR) is 112 cm³/mol. The summed E-state index contributed by atoms with van der Waals surface area (Å²) >= 11 is 0. The first-order chi connectivity index (χ1) is 14.6. The minimum Gasteiger partial charge on any atom is -0.480 e. The van der Waals surface area contributed by atoms with Gasteiger partial charge in [-0.3, -0.25) is 24.0 Å². The number of aromatic nitrogens is 2. The van der Waals surface area contributed by atoms with Crippen LogP contribution in [0.4, 0.5) is 5.69 Å². The summed E-state index contributed by atoms with van der Waals surface area (Å²) < 4.78 is 32.5. The van der Waals surface area contributed by atoms with Crippen molar-refractivity contribution in [1.82, 2.24) is 9.78 Å². The Labute approximate surface area is 177 Å². The van der Waals surface area contributed by atoms with Gasteiger partial charge < -0.3 is 5.11 Å². The number of nitrogens with zero attached hydrogens (tertiary/aromatic N) is 3. The Balaban J connectivity index is 2.02. The molecule has 0 fully saturated rings. The van der Waals surface area contributed by atoms with Crippen molar-refractivity contribution in [3.05, 3.63) is 51.4 Å². The molecule has 0 saturated heterocycles. The number of hydrazone groups is 1. The fourth-order valence-electron chi connectivity index (χ4n) is 3.16. The van der Waals surface area contributed by atoms with Gasteiger partial charge in [-0.05, 0) is 43.2 Å². The number of benzene rings is 1. The quantitative estimate of drug-likeness (QED) is 0.424. The first-order valence-corrected chi connectivity index (χ1v) is 10.8. The Bertz CT molecular complexity index is 1270. The Morgan fingerprint density at radius 1 is 1.16 bits per heavy atom. The van der Waals surface area contributed by atoms with Crippen molar-refractivity contribution in [2.75, 3.05) is 5.01 Å². The molecule has 0 unspecified atom stereocenters. The Morgan fingerprint density at radius 2 is 1.81 bits per heavy atom. The highest BCUT2D eigenvalue weighted by Crippen LogP contribution is 2.27. The minimum absolute atomic E-state index is 0.176. The van der Waals surface area contributed by atoms with E-state index in [2.05, 4.69) is 10.2 Å². The second-order valence-electron chi connectivity index (χ2n) is 6.69. The van der Waals surface area contributed by atoms with Crippen LogP contribution < -0.4 is 10.6 Å². The zero-order valence-electron chi connectivity index (χ0n) is 16.7. The molecule has 2 aromatic rings. The van der Waals surface area contributed by atoms with Gasteiger partial charge in [-0.1, -0.05) is 13.8 Å². The maximum Gasteiger partial charge on any atom is 0.325 e. The van der Waals surface area contributed by atoms with Crippen molar-refractivity contribution in [2.24, 2.45) is 5.10 Å². The van der Waals surface area contributed by atoms with Gasteiger partial charge in [0.25, 0.3) is 21.6 Å². The van der Waals surface area contributed by atoms with E-state index < -0.39 is 34.1 Å². The number of rotatable bonds is 7. The summed E-state index contributed by atoms with van der Waals surface area (Å²) in [7, 11) is -4.38. The van der Waals surface area contributed by atoms with Crippen LogP contribution in [0.15, 0.2) is 44.6 Å². The highest BCUT2D eigenvalue weighted by molar-refractivity contribution is 7.85. The Hall–Kier alpha value is -3.51. The van der Waals surface area contributed by atoms with E-state index >= 15 is 0 Å². The van der Waals surface area contributed by atoms with Crippen molar-refractivity contribution < 1.29 is 27.7 Å². The average Bonchev–Trinajstić information content (AvgIpc) is 3.18. The van der Waals surface area contributed by atoms with Crippen LogP contribution in [0.1, 0.15) is 31.5 Å². The molecule has 0 saturated carbocycles. The third-order valence-corrected chi connectivity index (χ3v) is 5.54. The van der Waals surface area contributed by atoms with E-state index in [1.807, 2.05) is 0 Å². The standard InChI is InChI=1S/C19H20N4O7S/c1-3-15-13(18(26)22(20-15)10-17(24)25)9-14-16(4-2)21-23(19(14)27)11-5-7-12(8-6-11)31(28,29)30/h5-9,20H,3-4,10H2,1-2H3,(H,24,25)(H,28,29,30). The molecule has 1 amide bonds. The average molecular weight is 448 g/mol. The smallest absolute Gasteiger partial charge is 0.325 e. The predicted octanol–water partition coefficient (Wildman–Crippen LogP) is 1.27. The molecule has 2 heterocycles. The number of nitrogens with one attached hydrogen (secondary N) is 1. The van der Waals surface area contributed by atoms with Crippen LogP contribution in [0.2, 0.25) is 0 Å². The molecule has 0 aliphatic carbocycles. The normalized spacial score (nSPS) is 15.6. The number of H-pyrrole nitrogens is 1. The molecule has 1 aromatic heterocycles. The number of hydrogen-bond acceptors (Lipinski definition) is 6. The van der Waals surface area contributed by atoms with Gasteiger partial charge in [0.05, 0.1) is 27.4 Å². The summed E-state index contributed by atoms with van der Waals surface area (Å²) in [4.78, 5) is 36.3. The van der Waals surface area contributed by atoms with E-state index in [4.69, 9.17) is 9.66 Å².